The highest BCUT2D eigenvalue weighted by molar-refractivity contribution is 5.71. The van der Waals surface area contributed by atoms with Crippen molar-refractivity contribution in [3.63, 3.8) is 0 Å². The van der Waals surface area contributed by atoms with Gasteiger partial charge in [0.25, 0.3) is 5.56 Å². The number of nitrogen functional groups attached to an aromatic ring is 1. The third kappa shape index (κ3) is 2.50. The lowest BCUT2D eigenvalue weighted by molar-refractivity contribution is -0.140. The highest BCUT2D eigenvalue weighted by Gasteiger charge is 2.16. The van der Waals surface area contributed by atoms with E-state index in [2.05, 4.69) is 9.97 Å². The Labute approximate surface area is 91.9 Å². The maximum atomic E-state index is 11.2. The summed E-state index contributed by atoms with van der Waals surface area (Å²) in [6, 6.07) is 0. The molecule has 88 valence electrons. The second kappa shape index (κ2) is 4.65. The van der Waals surface area contributed by atoms with Crippen LogP contribution in [0.25, 0.3) is 0 Å². The highest BCUT2D eigenvalue weighted by Crippen LogP contribution is 2.14. The van der Waals surface area contributed by atoms with Crippen molar-refractivity contribution >= 4 is 17.5 Å². The Morgan fingerprint density at radius 2 is 2.38 bits per heavy atom. The normalized spacial score (nSPS) is 12.1. The van der Waals surface area contributed by atoms with Gasteiger partial charge in [-0.2, -0.15) is 0 Å². The number of hydrogen-bond donors (Lipinski definition) is 3. The van der Waals surface area contributed by atoms with E-state index in [0.717, 1.165) is 0 Å². The summed E-state index contributed by atoms with van der Waals surface area (Å²) in [7, 11) is 1.64. The molecule has 1 rings (SSSR count). The Morgan fingerprint density at radius 1 is 1.75 bits per heavy atom. The van der Waals surface area contributed by atoms with Crippen molar-refractivity contribution in [3.05, 3.63) is 16.7 Å². The molecule has 0 saturated heterocycles. The molecule has 1 unspecified atom stereocenters. The van der Waals surface area contributed by atoms with Gasteiger partial charge in [0.2, 0.25) is 0 Å². The second-order valence-corrected chi connectivity index (χ2v) is 3.59. The Morgan fingerprint density at radius 3 is 2.94 bits per heavy atom. The second-order valence-electron chi connectivity index (χ2n) is 3.59. The lowest BCUT2D eigenvalue weighted by Crippen LogP contribution is -2.31. The molecule has 0 bridgehead atoms. The van der Waals surface area contributed by atoms with Crippen molar-refractivity contribution in [1.82, 2.24) is 9.97 Å². The van der Waals surface area contributed by atoms with Crippen LogP contribution in [0.1, 0.15) is 6.92 Å². The van der Waals surface area contributed by atoms with Crippen LogP contribution in [-0.2, 0) is 4.79 Å². The molecule has 1 aromatic heterocycles. The number of carboxylic acids is 1. The number of aromatic nitrogens is 2. The van der Waals surface area contributed by atoms with E-state index < -0.39 is 17.4 Å². The molecule has 0 spiro atoms. The fourth-order valence-corrected chi connectivity index (χ4v) is 1.28. The fourth-order valence-electron chi connectivity index (χ4n) is 1.28. The Balaban J connectivity index is 2.89. The first-order valence-electron chi connectivity index (χ1n) is 4.70. The van der Waals surface area contributed by atoms with Crippen LogP contribution in [0, 0.1) is 5.92 Å². The molecule has 0 fully saturated rings. The molecule has 0 saturated carbocycles. The largest absolute Gasteiger partial charge is 0.481 e. The van der Waals surface area contributed by atoms with Crippen molar-refractivity contribution < 1.29 is 9.90 Å². The van der Waals surface area contributed by atoms with Crippen LogP contribution in [0.2, 0.25) is 0 Å². The van der Waals surface area contributed by atoms with Gasteiger partial charge in [-0.05, 0) is 0 Å². The molecular formula is C9H14N4O3. The molecule has 16 heavy (non-hydrogen) atoms. The van der Waals surface area contributed by atoms with Gasteiger partial charge in [0.05, 0.1) is 12.2 Å². The SMILES string of the molecule is CC(CN(C)c1nc[nH]c(=O)c1N)C(=O)O. The van der Waals surface area contributed by atoms with Crippen LogP contribution >= 0.6 is 0 Å². The number of rotatable bonds is 4. The molecule has 0 aromatic carbocycles. The van der Waals surface area contributed by atoms with Crippen LogP contribution in [0.4, 0.5) is 11.5 Å². The number of H-pyrrole nitrogens is 1. The molecule has 0 aliphatic carbocycles. The molecule has 0 aliphatic heterocycles. The van der Waals surface area contributed by atoms with Gasteiger partial charge in [-0.15, -0.1) is 0 Å². The fraction of sp³-hybridized carbons (Fsp3) is 0.444. The smallest absolute Gasteiger partial charge is 0.308 e. The maximum absolute atomic E-state index is 11.2. The van der Waals surface area contributed by atoms with Crippen molar-refractivity contribution in [2.45, 2.75) is 6.92 Å². The first kappa shape index (κ1) is 12.0. The van der Waals surface area contributed by atoms with Crippen molar-refractivity contribution in [2.75, 3.05) is 24.2 Å². The summed E-state index contributed by atoms with van der Waals surface area (Å²) in [5.41, 5.74) is 5.10. The lowest BCUT2D eigenvalue weighted by Gasteiger charge is -2.20. The van der Waals surface area contributed by atoms with Crippen LogP contribution in [0.3, 0.4) is 0 Å². The zero-order valence-electron chi connectivity index (χ0n) is 9.10. The Hall–Kier alpha value is -2.05. The van der Waals surface area contributed by atoms with Crippen molar-refractivity contribution in [2.24, 2.45) is 5.92 Å². The maximum Gasteiger partial charge on any atom is 0.308 e. The van der Waals surface area contributed by atoms with E-state index in [9.17, 15) is 9.59 Å². The summed E-state index contributed by atoms with van der Waals surface area (Å²) in [5, 5.41) is 8.76. The van der Waals surface area contributed by atoms with Crippen LogP contribution in [0.15, 0.2) is 11.1 Å². The number of nitrogens with zero attached hydrogens (tertiary/aromatic N) is 2. The van der Waals surface area contributed by atoms with E-state index in [4.69, 9.17) is 10.8 Å². The summed E-state index contributed by atoms with van der Waals surface area (Å²) in [4.78, 5) is 29.7. The van der Waals surface area contributed by atoms with Crippen molar-refractivity contribution in [1.29, 1.82) is 0 Å². The van der Waals surface area contributed by atoms with Gasteiger partial charge in [0, 0.05) is 13.6 Å². The van der Waals surface area contributed by atoms with Gasteiger partial charge in [0.15, 0.2) is 5.82 Å². The Bertz CT molecular complexity index is 443. The number of carbonyl (C=O) groups is 1. The summed E-state index contributed by atoms with van der Waals surface area (Å²) in [5.74, 6) is -1.18. The number of nitrogens with one attached hydrogen (secondary N) is 1. The first-order valence-corrected chi connectivity index (χ1v) is 4.70. The van der Waals surface area contributed by atoms with Gasteiger partial charge in [-0.25, -0.2) is 4.98 Å². The average molecular weight is 226 g/mol. The average Bonchev–Trinajstić information content (AvgIpc) is 2.21. The predicted octanol–water partition coefficient (Wildman–Crippen LogP) is -0.491. The van der Waals surface area contributed by atoms with E-state index in [1.807, 2.05) is 0 Å². The minimum Gasteiger partial charge on any atom is -0.481 e. The predicted molar refractivity (Wildman–Crippen MR) is 59.3 cm³/mol. The molecule has 1 atom stereocenters. The van der Waals surface area contributed by atoms with Gasteiger partial charge < -0.3 is 20.7 Å². The van der Waals surface area contributed by atoms with Gasteiger partial charge in [0.1, 0.15) is 5.69 Å². The molecule has 4 N–H and O–H groups in total. The summed E-state index contributed by atoms with van der Waals surface area (Å²) in [6.45, 7) is 1.80. The summed E-state index contributed by atoms with van der Waals surface area (Å²) >= 11 is 0. The lowest BCUT2D eigenvalue weighted by atomic mass is 10.2. The number of anilines is 2. The number of carboxylic acid groups (broad SMARTS) is 1. The topological polar surface area (TPSA) is 112 Å². The number of nitrogens with two attached hydrogens (primary N) is 1. The molecule has 7 heteroatoms. The quantitative estimate of drug-likeness (QED) is 0.638. The van der Waals surface area contributed by atoms with Gasteiger partial charge >= 0.3 is 5.97 Å². The zero-order valence-corrected chi connectivity index (χ0v) is 9.10. The molecule has 1 heterocycles. The number of hydrogen-bond acceptors (Lipinski definition) is 5. The highest BCUT2D eigenvalue weighted by atomic mass is 16.4. The minimum atomic E-state index is -0.907. The van der Waals surface area contributed by atoms with Gasteiger partial charge in [-0.1, -0.05) is 6.92 Å². The first-order chi connectivity index (χ1) is 7.43. The van der Waals surface area contributed by atoms with E-state index in [1.54, 1.807) is 18.9 Å². The molecule has 0 radical (unpaired) electrons. The third-order valence-electron chi connectivity index (χ3n) is 2.20. The monoisotopic (exact) mass is 226 g/mol. The van der Waals surface area contributed by atoms with Crippen LogP contribution < -0.4 is 16.2 Å². The molecule has 0 amide bonds. The summed E-state index contributed by atoms with van der Waals surface area (Å²) < 4.78 is 0. The van der Waals surface area contributed by atoms with Crippen molar-refractivity contribution in [3.8, 4) is 0 Å². The zero-order chi connectivity index (χ0) is 12.3. The van der Waals surface area contributed by atoms with Crippen LogP contribution in [0.5, 0.6) is 0 Å². The Kier molecular flexibility index (Phi) is 3.49. The third-order valence-corrected chi connectivity index (χ3v) is 2.20. The van der Waals surface area contributed by atoms with Crippen LogP contribution in [-0.4, -0.2) is 34.6 Å². The van der Waals surface area contributed by atoms with E-state index in [0.29, 0.717) is 0 Å². The van der Waals surface area contributed by atoms with E-state index in [1.165, 1.54) is 6.33 Å². The standard InChI is InChI=1S/C9H14N4O3/c1-5(9(15)16)3-13(2)7-6(10)8(14)12-4-11-7/h4-5H,3,10H2,1-2H3,(H,15,16)(H,11,12,14). The molecule has 1 aromatic rings. The number of aromatic amines is 1. The number of aliphatic carboxylic acids is 1. The minimum absolute atomic E-state index is 0.0115. The molecule has 0 aliphatic rings. The van der Waals surface area contributed by atoms with Gasteiger partial charge in [-0.3, -0.25) is 9.59 Å². The summed E-state index contributed by atoms with van der Waals surface area (Å²) in [6.07, 6.45) is 1.23. The molecular weight excluding hydrogens is 212 g/mol. The van der Waals surface area contributed by atoms with E-state index >= 15 is 0 Å². The van der Waals surface area contributed by atoms with E-state index in [-0.39, 0.29) is 18.1 Å². The molecule has 7 nitrogen and oxygen atoms in total.